The molecule has 0 N–H and O–H groups in total. The Morgan fingerprint density at radius 2 is 1.89 bits per heavy atom. The molecule has 2 amide bonds. The second-order valence-corrected chi connectivity index (χ2v) is 10.2. The molecule has 0 saturated carbocycles. The third-order valence-electron chi connectivity index (χ3n) is 5.18. The highest BCUT2D eigenvalue weighted by molar-refractivity contribution is 9.10. The Labute approximate surface area is 226 Å². The zero-order valence-corrected chi connectivity index (χ0v) is 22.6. The number of hydrogen-bond donors (Lipinski definition) is 0. The molecule has 0 aliphatic carbocycles. The minimum atomic E-state index is -0.593. The van der Waals surface area contributed by atoms with Crippen LogP contribution in [-0.2, 0) is 11.3 Å². The van der Waals surface area contributed by atoms with Crippen molar-refractivity contribution in [1.29, 1.82) is 0 Å². The Morgan fingerprint density at radius 3 is 2.61 bits per heavy atom. The molecule has 0 aromatic heterocycles. The molecule has 36 heavy (non-hydrogen) atoms. The van der Waals surface area contributed by atoms with E-state index in [2.05, 4.69) is 15.9 Å². The van der Waals surface area contributed by atoms with Gasteiger partial charge in [-0.3, -0.25) is 14.5 Å². The summed E-state index contributed by atoms with van der Waals surface area (Å²) >= 11 is 10.3. The molecule has 0 bridgehead atoms. The summed E-state index contributed by atoms with van der Waals surface area (Å²) in [6, 6.07) is 17.5. The summed E-state index contributed by atoms with van der Waals surface area (Å²) in [5, 5.41) is 0.0872. The van der Waals surface area contributed by atoms with E-state index < -0.39 is 5.97 Å². The summed E-state index contributed by atoms with van der Waals surface area (Å²) in [5.74, 6) is -0.444. The van der Waals surface area contributed by atoms with Gasteiger partial charge in [0.1, 0.15) is 0 Å². The highest BCUT2D eigenvalue weighted by atomic mass is 79.9. The van der Waals surface area contributed by atoms with E-state index in [1.165, 1.54) is 11.0 Å². The minimum absolute atomic E-state index is 0.200. The van der Waals surface area contributed by atoms with Gasteiger partial charge in [0.15, 0.2) is 11.5 Å². The summed E-state index contributed by atoms with van der Waals surface area (Å²) in [6.07, 6.45) is 1.62. The number of carbonyl (C=O) groups excluding carboxylic acids is 3. The second kappa shape index (κ2) is 11.3. The van der Waals surface area contributed by atoms with Crippen LogP contribution in [0.4, 0.5) is 4.79 Å². The van der Waals surface area contributed by atoms with Crippen LogP contribution in [0.3, 0.4) is 0 Å². The first-order valence-electron chi connectivity index (χ1n) is 11.0. The molecular weight excluding hydrogens is 566 g/mol. The fraction of sp³-hybridized carbons (Fsp3) is 0.148. The van der Waals surface area contributed by atoms with Gasteiger partial charge in [0.2, 0.25) is 0 Å². The first-order chi connectivity index (χ1) is 17.2. The van der Waals surface area contributed by atoms with Crippen LogP contribution in [0.15, 0.2) is 70.0 Å². The fourth-order valence-electron chi connectivity index (χ4n) is 3.58. The molecule has 1 fully saturated rings. The Balaban J connectivity index is 1.59. The van der Waals surface area contributed by atoms with E-state index in [4.69, 9.17) is 21.1 Å². The van der Waals surface area contributed by atoms with Gasteiger partial charge in [-0.2, -0.15) is 0 Å². The summed E-state index contributed by atoms with van der Waals surface area (Å²) < 4.78 is 11.8. The number of esters is 1. The molecule has 0 spiro atoms. The van der Waals surface area contributed by atoms with Gasteiger partial charge in [0.25, 0.3) is 11.1 Å². The number of amides is 2. The standard InChI is InChI=1S/C27H21BrClNO5S/c1-3-34-22-12-18(11-21(28)24(22)35-26(32)19-8-5-9-20(29)14-19)13-23-25(31)30(27(33)36-23)15-17-7-4-6-16(2)10-17/h4-14H,3,15H2,1-2H3/b23-13-. The number of nitrogens with zero attached hydrogens (tertiary/aromatic N) is 1. The van der Waals surface area contributed by atoms with Crippen LogP contribution in [0.25, 0.3) is 6.08 Å². The number of carbonyl (C=O) groups is 3. The lowest BCUT2D eigenvalue weighted by Gasteiger charge is -2.14. The number of imide groups is 1. The number of benzene rings is 3. The lowest BCUT2D eigenvalue weighted by atomic mass is 10.1. The first kappa shape index (κ1) is 26.0. The molecule has 1 saturated heterocycles. The zero-order valence-electron chi connectivity index (χ0n) is 19.4. The van der Waals surface area contributed by atoms with Crippen LogP contribution in [0.5, 0.6) is 11.5 Å². The molecule has 1 heterocycles. The molecule has 0 atom stereocenters. The number of hydrogen-bond acceptors (Lipinski definition) is 6. The van der Waals surface area contributed by atoms with Crippen LogP contribution in [0.1, 0.15) is 34.0 Å². The second-order valence-electron chi connectivity index (χ2n) is 7.92. The van der Waals surface area contributed by atoms with E-state index in [9.17, 15) is 14.4 Å². The van der Waals surface area contributed by atoms with Gasteiger partial charge in [-0.1, -0.05) is 47.5 Å². The van der Waals surface area contributed by atoms with Crippen LogP contribution >= 0.6 is 39.3 Å². The average molecular weight is 587 g/mol. The number of aryl methyl sites for hydroxylation is 1. The van der Waals surface area contributed by atoms with Crippen molar-refractivity contribution >= 4 is 62.5 Å². The van der Waals surface area contributed by atoms with Crippen LogP contribution < -0.4 is 9.47 Å². The number of halogens is 2. The molecular formula is C27H21BrClNO5S. The quantitative estimate of drug-likeness (QED) is 0.165. The predicted octanol–water partition coefficient (Wildman–Crippen LogP) is 7.27. The van der Waals surface area contributed by atoms with E-state index in [1.807, 2.05) is 31.2 Å². The Bertz CT molecular complexity index is 1390. The minimum Gasteiger partial charge on any atom is -0.490 e. The van der Waals surface area contributed by atoms with Crippen molar-refractivity contribution in [1.82, 2.24) is 4.90 Å². The lowest BCUT2D eigenvalue weighted by Crippen LogP contribution is -2.27. The first-order valence-corrected chi connectivity index (χ1v) is 13.0. The van der Waals surface area contributed by atoms with E-state index in [0.29, 0.717) is 37.9 Å². The molecule has 0 unspecified atom stereocenters. The zero-order chi connectivity index (χ0) is 25.8. The van der Waals surface area contributed by atoms with Gasteiger partial charge in [-0.05, 0) is 89.1 Å². The maximum Gasteiger partial charge on any atom is 0.343 e. The van der Waals surface area contributed by atoms with E-state index in [-0.39, 0.29) is 23.4 Å². The van der Waals surface area contributed by atoms with Crippen LogP contribution in [0, 0.1) is 6.92 Å². The highest BCUT2D eigenvalue weighted by Crippen LogP contribution is 2.40. The SMILES string of the molecule is CCOc1cc(/C=C2\SC(=O)N(Cc3cccc(C)c3)C2=O)cc(Br)c1OC(=O)c1cccc(Cl)c1. The van der Waals surface area contributed by atoms with Crippen molar-refractivity contribution in [2.24, 2.45) is 0 Å². The normalized spacial score (nSPS) is 14.4. The van der Waals surface area contributed by atoms with Gasteiger partial charge in [0.05, 0.1) is 28.1 Å². The summed E-state index contributed by atoms with van der Waals surface area (Å²) in [7, 11) is 0. The van der Waals surface area contributed by atoms with Crippen molar-refractivity contribution in [2.45, 2.75) is 20.4 Å². The maximum absolute atomic E-state index is 13.0. The van der Waals surface area contributed by atoms with E-state index >= 15 is 0 Å². The van der Waals surface area contributed by atoms with Crippen LogP contribution in [-0.4, -0.2) is 28.6 Å². The summed E-state index contributed by atoms with van der Waals surface area (Å²) in [6.45, 7) is 4.29. The van der Waals surface area contributed by atoms with Gasteiger partial charge in [-0.15, -0.1) is 0 Å². The third-order valence-corrected chi connectivity index (χ3v) is 6.91. The summed E-state index contributed by atoms with van der Waals surface area (Å²) in [5.41, 5.74) is 2.84. The van der Waals surface area contributed by atoms with E-state index in [0.717, 1.165) is 22.9 Å². The molecule has 1 aliphatic heterocycles. The Hall–Kier alpha value is -3.07. The number of thioether (sulfide) groups is 1. The number of rotatable bonds is 7. The number of ether oxygens (including phenoxy) is 2. The molecule has 9 heteroatoms. The monoisotopic (exact) mass is 585 g/mol. The van der Waals surface area contributed by atoms with Crippen molar-refractivity contribution in [3.8, 4) is 11.5 Å². The third kappa shape index (κ3) is 6.00. The Kier molecular flexibility index (Phi) is 8.18. The highest BCUT2D eigenvalue weighted by Gasteiger charge is 2.35. The van der Waals surface area contributed by atoms with Gasteiger partial charge >= 0.3 is 5.97 Å². The topological polar surface area (TPSA) is 72.9 Å². The van der Waals surface area contributed by atoms with Crippen molar-refractivity contribution in [2.75, 3.05) is 6.61 Å². The average Bonchev–Trinajstić information content (AvgIpc) is 3.08. The molecule has 1 aliphatic rings. The smallest absolute Gasteiger partial charge is 0.343 e. The van der Waals surface area contributed by atoms with Gasteiger partial charge in [0, 0.05) is 5.02 Å². The predicted molar refractivity (Wildman–Crippen MR) is 144 cm³/mol. The molecule has 3 aromatic rings. The van der Waals surface area contributed by atoms with Gasteiger partial charge < -0.3 is 9.47 Å². The lowest BCUT2D eigenvalue weighted by molar-refractivity contribution is -0.123. The molecule has 184 valence electrons. The van der Waals surface area contributed by atoms with Crippen LogP contribution in [0.2, 0.25) is 5.02 Å². The largest absolute Gasteiger partial charge is 0.490 e. The van der Waals surface area contributed by atoms with E-state index in [1.54, 1.807) is 43.3 Å². The van der Waals surface area contributed by atoms with Crippen molar-refractivity contribution in [3.05, 3.63) is 97.3 Å². The Morgan fingerprint density at radius 1 is 1.11 bits per heavy atom. The molecule has 3 aromatic carbocycles. The molecule has 4 rings (SSSR count). The fourth-order valence-corrected chi connectivity index (χ4v) is 5.15. The van der Waals surface area contributed by atoms with Crippen molar-refractivity contribution in [3.63, 3.8) is 0 Å². The summed E-state index contributed by atoms with van der Waals surface area (Å²) in [4.78, 5) is 39.8. The molecule has 0 radical (unpaired) electrons. The molecule has 6 nitrogen and oxygen atoms in total. The van der Waals surface area contributed by atoms with Crippen molar-refractivity contribution < 1.29 is 23.9 Å². The maximum atomic E-state index is 13.0. The van der Waals surface area contributed by atoms with Gasteiger partial charge in [-0.25, -0.2) is 4.79 Å².